The molecule has 0 bridgehead atoms. The molecule has 0 aromatic heterocycles. The van der Waals surface area contributed by atoms with Crippen molar-refractivity contribution in [2.24, 2.45) is 0 Å². The van der Waals surface area contributed by atoms with Crippen molar-refractivity contribution in [3.05, 3.63) is 33.8 Å². The Labute approximate surface area is 122 Å². The predicted molar refractivity (Wildman–Crippen MR) is 79.4 cm³/mol. The van der Waals surface area contributed by atoms with Crippen LogP contribution in [0.25, 0.3) is 0 Å². The fourth-order valence-electron chi connectivity index (χ4n) is 2.17. The predicted octanol–water partition coefficient (Wildman–Crippen LogP) is 4.83. The standard InChI is InChI=1S/C15H22BrF2N/c1-3-4-5-6-7-11(19-2)10-12-14(17)9-8-13(16)15(12)18/h8-9,11,19H,3-7,10H2,1-2H3. The third kappa shape index (κ3) is 5.19. The average molecular weight is 334 g/mol. The number of benzene rings is 1. The van der Waals surface area contributed by atoms with Crippen LogP contribution >= 0.6 is 15.9 Å². The number of hydrogen-bond acceptors (Lipinski definition) is 1. The Hall–Kier alpha value is -0.480. The van der Waals surface area contributed by atoms with E-state index in [9.17, 15) is 8.78 Å². The highest BCUT2D eigenvalue weighted by Crippen LogP contribution is 2.23. The lowest BCUT2D eigenvalue weighted by atomic mass is 9.99. The van der Waals surface area contributed by atoms with Crippen LogP contribution in [0, 0.1) is 11.6 Å². The molecule has 0 saturated carbocycles. The first kappa shape index (κ1) is 16.6. The van der Waals surface area contributed by atoms with Gasteiger partial charge in [0.2, 0.25) is 0 Å². The van der Waals surface area contributed by atoms with Gasteiger partial charge in [-0.1, -0.05) is 32.6 Å². The SMILES string of the molecule is CCCCCCC(Cc1c(F)ccc(Br)c1F)NC. The highest BCUT2D eigenvalue weighted by molar-refractivity contribution is 9.10. The highest BCUT2D eigenvalue weighted by Gasteiger charge is 2.16. The molecule has 1 N–H and O–H groups in total. The third-order valence-corrected chi connectivity index (χ3v) is 4.02. The van der Waals surface area contributed by atoms with Gasteiger partial charge in [0, 0.05) is 11.6 Å². The van der Waals surface area contributed by atoms with E-state index in [1.165, 1.54) is 31.4 Å². The molecule has 0 aliphatic rings. The molecule has 1 aromatic carbocycles. The summed E-state index contributed by atoms with van der Waals surface area (Å²) in [5, 5.41) is 3.15. The molecule has 0 amide bonds. The van der Waals surface area contributed by atoms with Gasteiger partial charge in [-0.2, -0.15) is 0 Å². The molecular formula is C15H22BrF2N. The molecule has 1 unspecified atom stereocenters. The van der Waals surface area contributed by atoms with Gasteiger partial charge in [-0.25, -0.2) is 8.78 Å². The fraction of sp³-hybridized carbons (Fsp3) is 0.600. The Morgan fingerprint density at radius 2 is 1.95 bits per heavy atom. The van der Waals surface area contributed by atoms with Crippen molar-refractivity contribution < 1.29 is 8.78 Å². The van der Waals surface area contributed by atoms with Crippen molar-refractivity contribution in [3.63, 3.8) is 0 Å². The van der Waals surface area contributed by atoms with Gasteiger partial charge >= 0.3 is 0 Å². The van der Waals surface area contributed by atoms with Gasteiger partial charge in [-0.15, -0.1) is 0 Å². The Balaban J connectivity index is 2.63. The summed E-state index contributed by atoms with van der Waals surface area (Å²) in [7, 11) is 1.85. The first-order valence-corrected chi connectivity index (χ1v) is 7.69. The van der Waals surface area contributed by atoms with E-state index >= 15 is 0 Å². The van der Waals surface area contributed by atoms with E-state index in [1.54, 1.807) is 0 Å². The van der Waals surface area contributed by atoms with Crippen molar-refractivity contribution in [3.8, 4) is 0 Å². The third-order valence-electron chi connectivity index (χ3n) is 3.40. The van der Waals surface area contributed by atoms with Crippen molar-refractivity contribution >= 4 is 15.9 Å². The zero-order valence-electron chi connectivity index (χ0n) is 11.6. The largest absolute Gasteiger partial charge is 0.317 e. The average Bonchev–Trinajstić information content (AvgIpc) is 2.41. The highest BCUT2D eigenvalue weighted by atomic mass is 79.9. The maximum atomic E-state index is 13.9. The summed E-state index contributed by atoms with van der Waals surface area (Å²) in [6, 6.07) is 2.84. The van der Waals surface area contributed by atoms with Crippen LogP contribution in [0.2, 0.25) is 0 Å². The maximum Gasteiger partial charge on any atom is 0.143 e. The number of halogens is 3. The van der Waals surface area contributed by atoms with Crippen molar-refractivity contribution in [1.29, 1.82) is 0 Å². The normalized spacial score (nSPS) is 12.7. The first-order valence-electron chi connectivity index (χ1n) is 6.89. The van der Waals surface area contributed by atoms with Crippen LogP contribution in [0.15, 0.2) is 16.6 Å². The minimum absolute atomic E-state index is 0.121. The van der Waals surface area contributed by atoms with Gasteiger partial charge in [0.15, 0.2) is 0 Å². The molecule has 0 fully saturated rings. The number of rotatable bonds is 8. The molecule has 1 atom stereocenters. The molecule has 0 aliphatic heterocycles. The maximum absolute atomic E-state index is 13.9. The van der Waals surface area contributed by atoms with E-state index in [-0.39, 0.29) is 11.6 Å². The molecule has 0 saturated heterocycles. The molecule has 1 aromatic rings. The van der Waals surface area contributed by atoms with E-state index in [1.807, 2.05) is 7.05 Å². The van der Waals surface area contributed by atoms with Crippen LogP contribution in [0.4, 0.5) is 8.78 Å². The van der Waals surface area contributed by atoms with Crippen molar-refractivity contribution in [2.45, 2.75) is 51.5 Å². The molecule has 1 nitrogen and oxygen atoms in total. The number of hydrogen-bond donors (Lipinski definition) is 1. The number of likely N-dealkylation sites (N-methyl/N-ethyl adjacent to an activating group) is 1. The Bertz CT molecular complexity index is 396. The van der Waals surface area contributed by atoms with Crippen LogP contribution in [-0.2, 0) is 6.42 Å². The van der Waals surface area contributed by atoms with Crippen LogP contribution in [-0.4, -0.2) is 13.1 Å². The van der Waals surface area contributed by atoms with Gasteiger partial charge in [-0.05, 0) is 48.0 Å². The lowest BCUT2D eigenvalue weighted by molar-refractivity contribution is 0.461. The van der Waals surface area contributed by atoms with Crippen LogP contribution < -0.4 is 5.32 Å². The number of unbranched alkanes of at least 4 members (excludes halogenated alkanes) is 3. The Morgan fingerprint density at radius 1 is 1.21 bits per heavy atom. The molecule has 0 spiro atoms. The fourth-order valence-corrected chi connectivity index (χ4v) is 2.54. The first-order chi connectivity index (χ1) is 9.10. The molecule has 0 heterocycles. The molecule has 4 heteroatoms. The number of nitrogens with one attached hydrogen (secondary N) is 1. The zero-order valence-corrected chi connectivity index (χ0v) is 13.2. The second kappa shape index (κ2) is 8.64. The Kier molecular flexibility index (Phi) is 7.54. The second-order valence-electron chi connectivity index (χ2n) is 4.86. The summed E-state index contributed by atoms with van der Waals surface area (Å²) >= 11 is 3.10. The van der Waals surface area contributed by atoms with E-state index in [0.29, 0.717) is 10.9 Å². The van der Waals surface area contributed by atoms with E-state index in [0.717, 1.165) is 12.8 Å². The lowest BCUT2D eigenvalue weighted by Crippen LogP contribution is -2.28. The monoisotopic (exact) mass is 333 g/mol. The summed E-state index contributed by atoms with van der Waals surface area (Å²) < 4.78 is 27.9. The van der Waals surface area contributed by atoms with Crippen molar-refractivity contribution in [2.75, 3.05) is 7.05 Å². The topological polar surface area (TPSA) is 12.0 Å². The molecular weight excluding hydrogens is 312 g/mol. The van der Waals surface area contributed by atoms with Gasteiger partial charge in [-0.3, -0.25) is 0 Å². The lowest BCUT2D eigenvalue weighted by Gasteiger charge is -2.17. The second-order valence-corrected chi connectivity index (χ2v) is 5.72. The Morgan fingerprint density at radius 3 is 2.58 bits per heavy atom. The summed E-state index contributed by atoms with van der Waals surface area (Å²) in [5.74, 6) is -0.941. The summed E-state index contributed by atoms with van der Waals surface area (Å²) in [6.07, 6.45) is 6.02. The van der Waals surface area contributed by atoms with Gasteiger partial charge < -0.3 is 5.32 Å². The molecule has 19 heavy (non-hydrogen) atoms. The van der Waals surface area contributed by atoms with Gasteiger partial charge in [0.25, 0.3) is 0 Å². The zero-order chi connectivity index (χ0) is 14.3. The van der Waals surface area contributed by atoms with Crippen LogP contribution in [0.1, 0.15) is 44.6 Å². The van der Waals surface area contributed by atoms with Gasteiger partial charge in [0.1, 0.15) is 11.6 Å². The van der Waals surface area contributed by atoms with E-state index in [2.05, 4.69) is 28.2 Å². The smallest absolute Gasteiger partial charge is 0.143 e. The van der Waals surface area contributed by atoms with Crippen LogP contribution in [0.5, 0.6) is 0 Å². The summed E-state index contributed by atoms with van der Waals surface area (Å²) in [4.78, 5) is 0. The summed E-state index contributed by atoms with van der Waals surface area (Å²) in [5.41, 5.74) is 0.171. The van der Waals surface area contributed by atoms with E-state index < -0.39 is 11.6 Å². The minimum Gasteiger partial charge on any atom is -0.317 e. The molecule has 0 aliphatic carbocycles. The van der Waals surface area contributed by atoms with Gasteiger partial charge in [0.05, 0.1) is 4.47 Å². The molecule has 1 rings (SSSR count). The van der Waals surface area contributed by atoms with Crippen LogP contribution in [0.3, 0.4) is 0 Å². The molecule has 0 radical (unpaired) electrons. The van der Waals surface area contributed by atoms with Crippen molar-refractivity contribution in [1.82, 2.24) is 5.32 Å². The molecule has 108 valence electrons. The van der Waals surface area contributed by atoms with E-state index in [4.69, 9.17) is 0 Å². The summed E-state index contributed by atoms with van der Waals surface area (Å²) in [6.45, 7) is 2.17. The minimum atomic E-state index is -0.478. The quantitative estimate of drug-likeness (QED) is 0.530.